The van der Waals surface area contributed by atoms with Gasteiger partial charge in [-0.05, 0) is 46.6 Å². The van der Waals surface area contributed by atoms with E-state index in [2.05, 4.69) is 60.7 Å². The number of esters is 1. The average molecular weight is 433 g/mol. The van der Waals surface area contributed by atoms with E-state index in [9.17, 15) is 4.79 Å². The molecule has 2 heteroatoms. The van der Waals surface area contributed by atoms with Crippen LogP contribution in [-0.2, 0) is 9.53 Å². The molecule has 0 heterocycles. The molecule has 2 aliphatic carbocycles. The molecule has 0 aromatic heterocycles. The maximum absolute atomic E-state index is 12.8. The zero-order chi connectivity index (χ0) is 22.5. The highest BCUT2D eigenvalue weighted by atomic mass is 16.5. The lowest BCUT2D eigenvalue weighted by atomic mass is 9.70. The third-order valence-electron chi connectivity index (χ3n) is 6.83. The van der Waals surface area contributed by atoms with Crippen LogP contribution in [-0.4, -0.2) is 12.6 Å². The van der Waals surface area contributed by atoms with E-state index in [1.54, 1.807) is 0 Å². The SMILES string of the molecule is O=C(OCC1c2ccccc2-c2ccccc21)[C@@H]1CC[C@@H]1c1ccccc1.c1ccccc1. The Hall–Kier alpha value is -3.65. The fourth-order valence-corrected chi connectivity index (χ4v) is 4.98. The number of ether oxygens (including phenoxy) is 1. The van der Waals surface area contributed by atoms with E-state index in [4.69, 9.17) is 4.74 Å². The molecule has 33 heavy (non-hydrogen) atoms. The molecule has 0 radical (unpaired) electrons. The van der Waals surface area contributed by atoms with Gasteiger partial charge in [-0.1, -0.05) is 115 Å². The maximum Gasteiger partial charge on any atom is 0.309 e. The summed E-state index contributed by atoms with van der Waals surface area (Å²) >= 11 is 0. The van der Waals surface area contributed by atoms with Crippen molar-refractivity contribution in [2.75, 3.05) is 6.61 Å². The van der Waals surface area contributed by atoms with Gasteiger partial charge in [-0.3, -0.25) is 4.79 Å². The standard InChI is InChI=1S/C25H22O2.C6H6/c26-25(23-15-14-18(23)17-8-2-1-3-9-17)27-16-24-21-12-6-4-10-19(21)20-11-5-7-13-22(20)24;1-2-4-6-5-3-1/h1-13,18,23-24H,14-16H2;1-6H/t18-,23-;/m1./s1. The van der Waals surface area contributed by atoms with Gasteiger partial charge in [0.05, 0.1) is 5.92 Å². The first-order chi connectivity index (χ1) is 16.3. The molecule has 0 unspecified atom stereocenters. The number of fused-ring (bicyclic) bond motifs is 3. The van der Waals surface area contributed by atoms with Crippen LogP contribution in [0.1, 0.15) is 41.4 Å². The highest BCUT2D eigenvalue weighted by Gasteiger charge is 2.39. The first-order valence-corrected chi connectivity index (χ1v) is 11.7. The van der Waals surface area contributed by atoms with Crippen LogP contribution in [0.3, 0.4) is 0 Å². The van der Waals surface area contributed by atoms with Crippen molar-refractivity contribution in [2.24, 2.45) is 5.92 Å². The highest BCUT2D eigenvalue weighted by Crippen LogP contribution is 2.46. The molecular weight excluding hydrogens is 404 g/mol. The third-order valence-corrected chi connectivity index (χ3v) is 6.83. The number of carbonyl (C=O) groups excluding carboxylic acids is 1. The van der Waals surface area contributed by atoms with Crippen molar-refractivity contribution in [2.45, 2.75) is 24.7 Å². The van der Waals surface area contributed by atoms with Crippen molar-refractivity contribution >= 4 is 5.97 Å². The zero-order valence-electron chi connectivity index (χ0n) is 18.6. The minimum absolute atomic E-state index is 0.000657. The monoisotopic (exact) mass is 432 g/mol. The second kappa shape index (κ2) is 9.87. The van der Waals surface area contributed by atoms with Gasteiger partial charge in [0.25, 0.3) is 0 Å². The number of hydrogen-bond acceptors (Lipinski definition) is 2. The van der Waals surface area contributed by atoms with Crippen LogP contribution in [0.15, 0.2) is 115 Å². The summed E-state index contributed by atoms with van der Waals surface area (Å²) in [5.41, 5.74) is 6.31. The molecule has 0 spiro atoms. The molecule has 6 rings (SSSR count). The molecule has 4 aromatic carbocycles. The second-order valence-electron chi connectivity index (χ2n) is 8.71. The Morgan fingerprint density at radius 1 is 0.636 bits per heavy atom. The van der Waals surface area contributed by atoms with E-state index in [-0.39, 0.29) is 17.8 Å². The Labute approximate surface area is 195 Å². The molecule has 2 atom stereocenters. The summed E-state index contributed by atoms with van der Waals surface area (Å²) in [4.78, 5) is 12.8. The molecule has 0 aliphatic heterocycles. The molecule has 0 amide bonds. The summed E-state index contributed by atoms with van der Waals surface area (Å²) in [6, 6.07) is 39.3. The van der Waals surface area contributed by atoms with Crippen molar-refractivity contribution in [3.05, 3.63) is 132 Å². The molecule has 164 valence electrons. The Morgan fingerprint density at radius 3 is 1.64 bits per heavy atom. The van der Waals surface area contributed by atoms with Crippen LogP contribution in [0.5, 0.6) is 0 Å². The second-order valence-corrected chi connectivity index (χ2v) is 8.71. The van der Waals surface area contributed by atoms with Gasteiger partial charge in [0.15, 0.2) is 0 Å². The zero-order valence-corrected chi connectivity index (χ0v) is 18.6. The number of carbonyl (C=O) groups is 1. The lowest BCUT2D eigenvalue weighted by Crippen LogP contribution is -2.33. The van der Waals surface area contributed by atoms with Crippen LogP contribution in [0.4, 0.5) is 0 Å². The summed E-state index contributed by atoms with van der Waals surface area (Å²) in [6.07, 6.45) is 2.00. The normalized spacial score (nSPS) is 18.2. The van der Waals surface area contributed by atoms with Gasteiger partial charge in [0.1, 0.15) is 6.61 Å². The van der Waals surface area contributed by atoms with Crippen molar-refractivity contribution in [1.82, 2.24) is 0 Å². The van der Waals surface area contributed by atoms with E-state index >= 15 is 0 Å². The Balaban J connectivity index is 0.000000332. The van der Waals surface area contributed by atoms with Crippen LogP contribution in [0.25, 0.3) is 11.1 Å². The maximum atomic E-state index is 12.8. The first-order valence-electron chi connectivity index (χ1n) is 11.7. The predicted molar refractivity (Wildman–Crippen MR) is 133 cm³/mol. The summed E-state index contributed by atoms with van der Waals surface area (Å²) in [7, 11) is 0. The fourth-order valence-electron chi connectivity index (χ4n) is 4.98. The molecule has 4 aromatic rings. The van der Waals surface area contributed by atoms with Crippen LogP contribution in [0, 0.1) is 5.92 Å². The summed E-state index contributed by atoms with van der Waals surface area (Å²) in [6.45, 7) is 0.421. The highest BCUT2D eigenvalue weighted by molar-refractivity contribution is 5.79. The Morgan fingerprint density at radius 2 is 1.12 bits per heavy atom. The molecule has 2 nitrogen and oxygen atoms in total. The summed E-state index contributed by atoms with van der Waals surface area (Å²) in [5.74, 6) is 0.398. The van der Waals surface area contributed by atoms with Gasteiger partial charge in [0, 0.05) is 5.92 Å². The van der Waals surface area contributed by atoms with Crippen molar-refractivity contribution in [1.29, 1.82) is 0 Å². The molecule has 0 N–H and O–H groups in total. The van der Waals surface area contributed by atoms with Crippen molar-refractivity contribution in [3.8, 4) is 11.1 Å². The largest absolute Gasteiger partial charge is 0.464 e. The first kappa shape index (κ1) is 21.2. The third kappa shape index (κ3) is 4.47. The van der Waals surface area contributed by atoms with Gasteiger partial charge in [-0.15, -0.1) is 0 Å². The fraction of sp³-hybridized carbons (Fsp3) is 0.194. The van der Waals surface area contributed by atoms with E-state index in [1.807, 2.05) is 54.6 Å². The molecule has 1 fully saturated rings. The van der Waals surface area contributed by atoms with Crippen LogP contribution >= 0.6 is 0 Å². The van der Waals surface area contributed by atoms with E-state index in [1.165, 1.54) is 27.8 Å². The molecule has 1 saturated carbocycles. The van der Waals surface area contributed by atoms with Crippen molar-refractivity contribution < 1.29 is 9.53 Å². The van der Waals surface area contributed by atoms with E-state index in [0.717, 1.165) is 12.8 Å². The minimum Gasteiger partial charge on any atom is -0.464 e. The topological polar surface area (TPSA) is 26.3 Å². The molecule has 2 aliphatic rings. The lowest BCUT2D eigenvalue weighted by molar-refractivity contribution is -0.152. The van der Waals surface area contributed by atoms with Gasteiger partial charge < -0.3 is 4.74 Å². The molecule has 0 saturated heterocycles. The predicted octanol–water partition coefficient (Wildman–Crippen LogP) is 7.22. The Kier molecular flexibility index (Phi) is 6.34. The van der Waals surface area contributed by atoms with Gasteiger partial charge in [0.2, 0.25) is 0 Å². The number of rotatable bonds is 4. The quantitative estimate of drug-likeness (QED) is 0.318. The summed E-state index contributed by atoms with van der Waals surface area (Å²) < 4.78 is 5.86. The number of hydrogen-bond donors (Lipinski definition) is 0. The van der Waals surface area contributed by atoms with Gasteiger partial charge in [-0.2, -0.15) is 0 Å². The molecular formula is C31H28O2. The number of benzene rings is 4. The van der Waals surface area contributed by atoms with Crippen LogP contribution < -0.4 is 0 Å². The lowest BCUT2D eigenvalue weighted by Gasteiger charge is -2.35. The average Bonchev–Trinajstić information content (AvgIpc) is 3.18. The smallest absolute Gasteiger partial charge is 0.309 e. The van der Waals surface area contributed by atoms with Gasteiger partial charge >= 0.3 is 5.97 Å². The van der Waals surface area contributed by atoms with E-state index in [0.29, 0.717) is 12.5 Å². The van der Waals surface area contributed by atoms with Crippen LogP contribution in [0.2, 0.25) is 0 Å². The van der Waals surface area contributed by atoms with Crippen molar-refractivity contribution in [3.63, 3.8) is 0 Å². The Bertz CT molecular complexity index is 1130. The summed E-state index contributed by atoms with van der Waals surface area (Å²) in [5, 5.41) is 0. The minimum atomic E-state index is -0.0445. The van der Waals surface area contributed by atoms with Gasteiger partial charge in [-0.25, -0.2) is 0 Å². The molecule has 0 bridgehead atoms. The van der Waals surface area contributed by atoms with E-state index < -0.39 is 0 Å².